The number of rotatable bonds is 7. The summed E-state index contributed by atoms with van der Waals surface area (Å²) in [6.07, 6.45) is 9.70. The number of nitrogens with zero attached hydrogens (tertiary/aromatic N) is 2. The van der Waals surface area contributed by atoms with Gasteiger partial charge >= 0.3 is 0 Å². The van der Waals surface area contributed by atoms with Crippen molar-refractivity contribution in [3.05, 3.63) is 76.3 Å². The van der Waals surface area contributed by atoms with E-state index in [1.54, 1.807) is 12.1 Å². The minimum Gasteiger partial charge on any atom is -0.352 e. The Hall–Kier alpha value is -3.48. The fraction of sp³-hybridized carbons (Fsp3) is 0.360. The highest BCUT2D eigenvalue weighted by molar-refractivity contribution is 5.94. The number of hydrogen-bond acceptors (Lipinski definition) is 4. The van der Waals surface area contributed by atoms with Gasteiger partial charge in [0.2, 0.25) is 5.91 Å². The first kappa shape index (κ1) is 21.7. The fourth-order valence-electron chi connectivity index (χ4n) is 4.14. The number of nitrogens with one attached hydrogen (secondary N) is 2. The van der Waals surface area contributed by atoms with Crippen molar-refractivity contribution < 1.29 is 9.59 Å². The number of carbonyl (C=O) groups is 2. The molecule has 0 spiro atoms. The number of hydrogen-bond donors (Lipinski definition) is 2. The average molecular weight is 433 g/mol. The molecule has 2 aromatic heterocycles. The normalized spacial score (nSPS) is 14.2. The van der Waals surface area contributed by atoms with E-state index < -0.39 is 5.56 Å². The Morgan fingerprint density at radius 3 is 2.59 bits per heavy atom. The van der Waals surface area contributed by atoms with Gasteiger partial charge in [-0.05, 0) is 42.9 Å². The van der Waals surface area contributed by atoms with Gasteiger partial charge in [0, 0.05) is 19.2 Å². The molecule has 0 bridgehead atoms. The number of aromatic nitrogens is 2. The molecule has 2 amide bonds. The van der Waals surface area contributed by atoms with Crippen LogP contribution in [0, 0.1) is 5.92 Å². The van der Waals surface area contributed by atoms with Crippen LogP contribution in [0.15, 0.2) is 59.7 Å². The molecule has 1 aromatic carbocycles. The summed E-state index contributed by atoms with van der Waals surface area (Å²) >= 11 is 0. The Morgan fingerprint density at radius 2 is 1.81 bits per heavy atom. The monoisotopic (exact) mass is 432 g/mol. The Labute approximate surface area is 186 Å². The van der Waals surface area contributed by atoms with E-state index in [2.05, 4.69) is 15.6 Å². The summed E-state index contributed by atoms with van der Waals surface area (Å²) in [7, 11) is 0. The van der Waals surface area contributed by atoms with Crippen LogP contribution in [0.3, 0.4) is 0 Å². The highest BCUT2D eigenvalue weighted by atomic mass is 16.2. The van der Waals surface area contributed by atoms with Crippen molar-refractivity contribution in [3.63, 3.8) is 0 Å². The minimum absolute atomic E-state index is 0.0975. The van der Waals surface area contributed by atoms with Gasteiger partial charge < -0.3 is 10.6 Å². The van der Waals surface area contributed by atoms with Gasteiger partial charge in [-0.2, -0.15) is 0 Å². The van der Waals surface area contributed by atoms with Crippen molar-refractivity contribution in [2.45, 2.75) is 44.9 Å². The van der Waals surface area contributed by atoms with Crippen molar-refractivity contribution in [1.29, 1.82) is 0 Å². The van der Waals surface area contributed by atoms with Crippen LogP contribution in [0.1, 0.15) is 54.4 Å². The summed E-state index contributed by atoms with van der Waals surface area (Å²) in [6.45, 7) is 0.654. The standard InChI is InChI=1S/C25H28N4O3/c30-23(14-11-18-7-3-1-4-8-18)28-21-16-26-22-13-12-20(17-29(22)25(21)32)24(31)27-15-19-9-5-2-6-10-19/h1,3-4,7-8,12-13,16-17,19H,2,5-6,9-11,14-15H2,(H,27,31)(H,28,30). The van der Waals surface area contributed by atoms with E-state index in [9.17, 15) is 14.4 Å². The Balaban J connectivity index is 1.43. The van der Waals surface area contributed by atoms with Gasteiger partial charge in [-0.1, -0.05) is 49.6 Å². The summed E-state index contributed by atoms with van der Waals surface area (Å²) in [4.78, 5) is 42.1. The molecule has 3 aromatic rings. The molecule has 0 saturated heterocycles. The molecule has 0 radical (unpaired) electrons. The Kier molecular flexibility index (Phi) is 6.94. The molecule has 2 heterocycles. The van der Waals surface area contributed by atoms with E-state index in [1.807, 2.05) is 30.3 Å². The molecule has 0 aliphatic heterocycles. The van der Waals surface area contributed by atoms with Crippen LogP contribution in [0.4, 0.5) is 5.69 Å². The molecule has 1 aliphatic carbocycles. The third-order valence-electron chi connectivity index (χ3n) is 6.00. The van der Waals surface area contributed by atoms with Gasteiger partial charge in [0.05, 0.1) is 11.8 Å². The van der Waals surface area contributed by atoms with Gasteiger partial charge in [-0.15, -0.1) is 0 Å². The molecule has 32 heavy (non-hydrogen) atoms. The topological polar surface area (TPSA) is 92.6 Å². The van der Waals surface area contributed by atoms with Gasteiger partial charge in [0.15, 0.2) is 0 Å². The van der Waals surface area contributed by atoms with E-state index in [4.69, 9.17) is 0 Å². The maximum atomic E-state index is 12.9. The number of anilines is 1. The van der Waals surface area contributed by atoms with Crippen molar-refractivity contribution >= 4 is 23.1 Å². The van der Waals surface area contributed by atoms with E-state index in [-0.39, 0.29) is 23.9 Å². The SMILES string of the molecule is O=C(CCc1ccccc1)Nc1cnc2ccc(C(=O)NCC3CCCCC3)cn2c1=O. The van der Waals surface area contributed by atoms with E-state index in [0.29, 0.717) is 30.1 Å². The first-order valence-electron chi connectivity index (χ1n) is 11.2. The molecule has 2 N–H and O–H groups in total. The molecule has 1 fully saturated rings. The molecule has 1 saturated carbocycles. The number of fused-ring (bicyclic) bond motifs is 1. The number of carbonyl (C=O) groups excluding carboxylic acids is 2. The lowest BCUT2D eigenvalue weighted by atomic mass is 9.89. The van der Waals surface area contributed by atoms with Crippen LogP contribution in [0.25, 0.3) is 5.65 Å². The number of aryl methyl sites for hydroxylation is 1. The third-order valence-corrected chi connectivity index (χ3v) is 6.00. The molecule has 0 unspecified atom stereocenters. The lowest BCUT2D eigenvalue weighted by molar-refractivity contribution is -0.116. The van der Waals surface area contributed by atoms with Crippen molar-refractivity contribution in [2.24, 2.45) is 5.92 Å². The lowest BCUT2D eigenvalue weighted by Crippen LogP contribution is -2.31. The van der Waals surface area contributed by atoms with Crippen LogP contribution in [0.5, 0.6) is 0 Å². The molecular weight excluding hydrogens is 404 g/mol. The summed E-state index contributed by atoms with van der Waals surface area (Å²) < 4.78 is 1.31. The van der Waals surface area contributed by atoms with Gasteiger partial charge in [0.25, 0.3) is 11.5 Å². The second kappa shape index (κ2) is 10.2. The Morgan fingerprint density at radius 1 is 1.03 bits per heavy atom. The zero-order chi connectivity index (χ0) is 22.3. The first-order valence-corrected chi connectivity index (χ1v) is 11.2. The highest BCUT2D eigenvalue weighted by Crippen LogP contribution is 2.22. The summed E-state index contributed by atoms with van der Waals surface area (Å²) in [5, 5.41) is 5.64. The lowest BCUT2D eigenvalue weighted by Gasteiger charge is -2.21. The van der Waals surface area contributed by atoms with E-state index >= 15 is 0 Å². The van der Waals surface area contributed by atoms with Gasteiger partial charge in [0.1, 0.15) is 11.3 Å². The molecule has 7 heteroatoms. The average Bonchev–Trinajstić information content (AvgIpc) is 2.84. The molecule has 166 valence electrons. The third kappa shape index (κ3) is 5.41. The van der Waals surface area contributed by atoms with Gasteiger partial charge in [-0.25, -0.2) is 4.98 Å². The molecule has 4 rings (SSSR count). The second-order valence-electron chi connectivity index (χ2n) is 8.37. The Bertz CT molecular complexity index is 1150. The number of amides is 2. The highest BCUT2D eigenvalue weighted by Gasteiger charge is 2.16. The largest absolute Gasteiger partial charge is 0.352 e. The second-order valence-corrected chi connectivity index (χ2v) is 8.37. The van der Waals surface area contributed by atoms with E-state index in [1.165, 1.54) is 36.1 Å². The molecule has 1 aliphatic rings. The molecule has 0 atom stereocenters. The smallest absolute Gasteiger partial charge is 0.281 e. The molecule has 7 nitrogen and oxygen atoms in total. The zero-order valence-corrected chi connectivity index (χ0v) is 18.0. The quantitative estimate of drug-likeness (QED) is 0.597. The van der Waals surface area contributed by atoms with Crippen LogP contribution in [-0.4, -0.2) is 27.7 Å². The number of pyridine rings is 1. The predicted octanol–water partition coefficient (Wildman–Crippen LogP) is 3.58. The molecular formula is C25H28N4O3. The van der Waals surface area contributed by atoms with Crippen molar-refractivity contribution in [1.82, 2.24) is 14.7 Å². The predicted molar refractivity (Wildman–Crippen MR) is 124 cm³/mol. The van der Waals surface area contributed by atoms with Crippen LogP contribution < -0.4 is 16.2 Å². The maximum Gasteiger partial charge on any atom is 0.281 e. The summed E-state index contributed by atoms with van der Waals surface area (Å²) in [5.41, 5.74) is 1.55. The summed E-state index contributed by atoms with van der Waals surface area (Å²) in [5.74, 6) is 0.0611. The zero-order valence-electron chi connectivity index (χ0n) is 18.0. The minimum atomic E-state index is -0.412. The van der Waals surface area contributed by atoms with Crippen LogP contribution in [-0.2, 0) is 11.2 Å². The van der Waals surface area contributed by atoms with E-state index in [0.717, 1.165) is 18.4 Å². The fourth-order valence-corrected chi connectivity index (χ4v) is 4.14. The van der Waals surface area contributed by atoms with Crippen LogP contribution in [0.2, 0.25) is 0 Å². The summed E-state index contributed by atoms with van der Waals surface area (Å²) in [6, 6.07) is 13.0. The number of benzene rings is 1. The van der Waals surface area contributed by atoms with Crippen LogP contribution >= 0.6 is 0 Å². The van der Waals surface area contributed by atoms with Gasteiger partial charge in [-0.3, -0.25) is 18.8 Å². The first-order chi connectivity index (χ1) is 15.6. The maximum absolute atomic E-state index is 12.9. The van der Waals surface area contributed by atoms with Crippen molar-refractivity contribution in [2.75, 3.05) is 11.9 Å². The van der Waals surface area contributed by atoms with Crippen molar-refractivity contribution in [3.8, 4) is 0 Å².